The number of carbonyl (C=O) groups excluding carboxylic acids is 2. The largest absolute Gasteiger partial charge is 0.465 e. The molecule has 1 N–H and O–H groups in total. The van der Waals surface area contributed by atoms with Crippen molar-refractivity contribution in [1.29, 1.82) is 0 Å². The highest BCUT2D eigenvalue weighted by molar-refractivity contribution is 6.27. The summed E-state index contributed by atoms with van der Waals surface area (Å²) in [5, 5.41) is 9.09. The third-order valence-corrected chi connectivity index (χ3v) is 4.61. The highest BCUT2D eigenvalue weighted by atomic mass is 35.5. The van der Waals surface area contributed by atoms with Crippen LogP contribution in [0.3, 0.4) is 0 Å². The predicted molar refractivity (Wildman–Crippen MR) is 91.7 cm³/mol. The van der Waals surface area contributed by atoms with E-state index >= 15 is 0 Å². The van der Waals surface area contributed by atoms with Gasteiger partial charge in [0.25, 0.3) is 0 Å². The van der Waals surface area contributed by atoms with Crippen LogP contribution >= 0.6 is 11.6 Å². The van der Waals surface area contributed by atoms with Gasteiger partial charge in [-0.1, -0.05) is 12.1 Å². The molecule has 0 atom stereocenters. The number of esters is 1. The fraction of sp³-hybridized carbons (Fsp3) is 0.471. The van der Waals surface area contributed by atoms with E-state index in [1.165, 1.54) is 12.1 Å². The van der Waals surface area contributed by atoms with Crippen molar-refractivity contribution < 1.29 is 37.4 Å². The Kier molecular flexibility index (Phi) is 6.43. The van der Waals surface area contributed by atoms with Crippen molar-refractivity contribution in [3.05, 3.63) is 35.4 Å². The summed E-state index contributed by atoms with van der Waals surface area (Å²) in [5.41, 5.74) is -2.11. The average Bonchev–Trinajstić information content (AvgIpc) is 2.58. The minimum atomic E-state index is -4.51. The molecule has 0 aromatic heterocycles. The summed E-state index contributed by atoms with van der Waals surface area (Å²) >= 11 is 5.64. The Hall–Kier alpha value is -2.49. The molecular weight excluding hydrogens is 405 g/mol. The Balaban J connectivity index is 2.33. The number of hydrogen-bond donors (Lipinski definition) is 1. The van der Waals surface area contributed by atoms with Crippen molar-refractivity contribution >= 4 is 29.6 Å². The summed E-state index contributed by atoms with van der Waals surface area (Å²) in [6.07, 6.45) is -5.78. The van der Waals surface area contributed by atoms with Crippen molar-refractivity contribution in [2.24, 2.45) is 0 Å². The van der Waals surface area contributed by atoms with Gasteiger partial charge < -0.3 is 19.6 Å². The van der Waals surface area contributed by atoms with E-state index in [2.05, 4.69) is 0 Å². The molecule has 2 rings (SSSR count). The van der Waals surface area contributed by atoms with E-state index in [1.807, 2.05) is 0 Å². The second-order valence-corrected chi connectivity index (χ2v) is 6.47. The number of hydrogen-bond acceptors (Lipinski definition) is 4. The van der Waals surface area contributed by atoms with Gasteiger partial charge in [-0.15, -0.1) is 11.6 Å². The SMILES string of the molecule is CCOC(=O)C1(N(Cc2ccc(C(F)(F)F)cc2)C(=O)CCl)CN(C(=O)O)C1. The van der Waals surface area contributed by atoms with E-state index < -0.39 is 41.1 Å². The molecule has 1 aromatic carbocycles. The molecule has 7 nitrogen and oxygen atoms in total. The van der Waals surface area contributed by atoms with Crippen LogP contribution in [0.4, 0.5) is 18.0 Å². The summed E-state index contributed by atoms with van der Waals surface area (Å²) in [7, 11) is 0. The second kappa shape index (κ2) is 8.26. The van der Waals surface area contributed by atoms with E-state index in [9.17, 15) is 27.6 Å². The molecular formula is C17H18ClF3N2O5. The Morgan fingerprint density at radius 2 is 1.82 bits per heavy atom. The van der Waals surface area contributed by atoms with Gasteiger partial charge in [0, 0.05) is 6.54 Å². The quantitative estimate of drug-likeness (QED) is 0.562. The van der Waals surface area contributed by atoms with Crippen LogP contribution in [-0.2, 0) is 27.0 Å². The minimum absolute atomic E-state index is 0.0108. The van der Waals surface area contributed by atoms with Gasteiger partial charge in [0.05, 0.1) is 25.3 Å². The summed E-state index contributed by atoms with van der Waals surface area (Å²) in [6.45, 7) is 0.713. The van der Waals surface area contributed by atoms with Gasteiger partial charge in [-0.05, 0) is 24.6 Å². The molecule has 0 spiro atoms. The highest BCUT2D eigenvalue weighted by Gasteiger charge is 2.58. The first-order chi connectivity index (χ1) is 13.0. The molecule has 0 saturated carbocycles. The van der Waals surface area contributed by atoms with Crippen LogP contribution in [0.25, 0.3) is 0 Å². The zero-order chi connectivity index (χ0) is 21.1. The maximum atomic E-state index is 12.7. The number of nitrogens with zero attached hydrogens (tertiary/aromatic N) is 2. The van der Waals surface area contributed by atoms with E-state index in [4.69, 9.17) is 21.4 Å². The average molecular weight is 423 g/mol. The van der Waals surface area contributed by atoms with E-state index in [0.29, 0.717) is 5.56 Å². The number of rotatable bonds is 6. The smallest absolute Gasteiger partial charge is 0.416 e. The third-order valence-electron chi connectivity index (χ3n) is 4.38. The molecule has 1 aromatic rings. The number of alkyl halides is 4. The Labute approximate surface area is 163 Å². The molecule has 1 aliphatic heterocycles. The normalized spacial score (nSPS) is 15.5. The van der Waals surface area contributed by atoms with Crippen LogP contribution in [0.15, 0.2) is 24.3 Å². The van der Waals surface area contributed by atoms with Gasteiger partial charge in [0.15, 0.2) is 5.54 Å². The first kappa shape index (κ1) is 21.8. The third kappa shape index (κ3) is 4.32. The second-order valence-electron chi connectivity index (χ2n) is 6.20. The van der Waals surface area contributed by atoms with Crippen molar-refractivity contribution in [2.75, 3.05) is 25.6 Å². The van der Waals surface area contributed by atoms with Crippen molar-refractivity contribution in [2.45, 2.75) is 25.2 Å². The standard InChI is InChI=1S/C17H18ClF3N2O5/c1-2-28-14(25)16(9-22(10-16)15(26)27)23(13(24)7-18)8-11-3-5-12(6-4-11)17(19,20)21/h3-6H,2,7-10H2,1H3,(H,26,27). The zero-order valence-electron chi connectivity index (χ0n) is 14.8. The Morgan fingerprint density at radius 1 is 1.25 bits per heavy atom. The molecule has 0 radical (unpaired) electrons. The van der Waals surface area contributed by atoms with Crippen LogP contribution in [-0.4, -0.2) is 64.0 Å². The molecule has 1 saturated heterocycles. The number of likely N-dealkylation sites (tertiary alicyclic amines) is 1. The van der Waals surface area contributed by atoms with Gasteiger partial charge in [-0.25, -0.2) is 9.59 Å². The Morgan fingerprint density at radius 3 is 2.25 bits per heavy atom. The number of amides is 2. The monoisotopic (exact) mass is 422 g/mol. The summed E-state index contributed by atoms with van der Waals surface area (Å²) in [6, 6.07) is 4.09. The van der Waals surface area contributed by atoms with E-state index in [-0.39, 0.29) is 26.2 Å². The molecule has 28 heavy (non-hydrogen) atoms. The Bertz CT molecular complexity index is 748. The first-order valence-corrected chi connectivity index (χ1v) is 8.76. The van der Waals surface area contributed by atoms with Crippen LogP contribution in [0.1, 0.15) is 18.1 Å². The molecule has 154 valence electrons. The number of benzene rings is 1. The predicted octanol–water partition coefficient (Wildman–Crippen LogP) is 2.57. The molecule has 0 bridgehead atoms. The minimum Gasteiger partial charge on any atom is -0.465 e. The number of carbonyl (C=O) groups is 3. The van der Waals surface area contributed by atoms with Crippen LogP contribution in [0.2, 0.25) is 0 Å². The lowest BCUT2D eigenvalue weighted by Gasteiger charge is -2.52. The van der Waals surface area contributed by atoms with Crippen molar-refractivity contribution in [3.8, 4) is 0 Å². The maximum Gasteiger partial charge on any atom is 0.416 e. The fourth-order valence-electron chi connectivity index (χ4n) is 2.93. The lowest BCUT2D eigenvalue weighted by Crippen LogP contribution is -2.76. The van der Waals surface area contributed by atoms with E-state index in [1.54, 1.807) is 6.92 Å². The lowest BCUT2D eigenvalue weighted by atomic mass is 9.87. The van der Waals surface area contributed by atoms with Crippen molar-refractivity contribution in [1.82, 2.24) is 9.80 Å². The molecule has 11 heteroatoms. The first-order valence-electron chi connectivity index (χ1n) is 8.23. The number of carboxylic acid groups (broad SMARTS) is 1. The summed E-state index contributed by atoms with van der Waals surface area (Å²) in [4.78, 5) is 38.1. The number of ether oxygens (including phenoxy) is 1. The van der Waals surface area contributed by atoms with Crippen LogP contribution in [0.5, 0.6) is 0 Å². The fourth-order valence-corrected chi connectivity index (χ4v) is 3.07. The lowest BCUT2D eigenvalue weighted by molar-refractivity contribution is -0.175. The highest BCUT2D eigenvalue weighted by Crippen LogP contribution is 2.33. The molecule has 1 heterocycles. The van der Waals surface area contributed by atoms with Gasteiger partial charge in [-0.3, -0.25) is 4.79 Å². The molecule has 0 aliphatic carbocycles. The van der Waals surface area contributed by atoms with E-state index in [0.717, 1.165) is 21.9 Å². The van der Waals surface area contributed by atoms with Gasteiger partial charge >= 0.3 is 18.2 Å². The zero-order valence-corrected chi connectivity index (χ0v) is 15.6. The van der Waals surface area contributed by atoms with Gasteiger partial charge in [-0.2, -0.15) is 13.2 Å². The van der Waals surface area contributed by atoms with Crippen molar-refractivity contribution in [3.63, 3.8) is 0 Å². The summed E-state index contributed by atoms with van der Waals surface area (Å²) < 4.78 is 43.2. The van der Waals surface area contributed by atoms with Gasteiger partial charge in [0.2, 0.25) is 5.91 Å². The molecule has 1 aliphatic rings. The molecule has 0 unspecified atom stereocenters. The molecule has 2 amide bonds. The molecule has 1 fully saturated rings. The van der Waals surface area contributed by atoms with Gasteiger partial charge in [0.1, 0.15) is 5.88 Å². The maximum absolute atomic E-state index is 12.7. The van der Waals surface area contributed by atoms with Crippen LogP contribution < -0.4 is 0 Å². The number of halogens is 4. The van der Waals surface area contributed by atoms with Crippen LogP contribution in [0, 0.1) is 0 Å². The summed E-state index contributed by atoms with van der Waals surface area (Å²) in [5.74, 6) is -1.95. The topological polar surface area (TPSA) is 87.2 Å².